The number of methoxy groups -OCH3 is 1. The van der Waals surface area contributed by atoms with E-state index in [9.17, 15) is 12.8 Å². The third kappa shape index (κ3) is 3.22. The van der Waals surface area contributed by atoms with E-state index in [2.05, 4.69) is 4.98 Å². The highest BCUT2D eigenvalue weighted by molar-refractivity contribution is 7.89. The average Bonchev–Trinajstić information content (AvgIpc) is 2.84. The van der Waals surface area contributed by atoms with E-state index in [0.717, 1.165) is 0 Å². The molecule has 0 spiro atoms. The van der Waals surface area contributed by atoms with Gasteiger partial charge in [0.1, 0.15) is 5.82 Å². The zero-order valence-electron chi connectivity index (χ0n) is 11.7. The number of benzene rings is 1. The van der Waals surface area contributed by atoms with Crippen LogP contribution in [-0.2, 0) is 23.0 Å². The second-order valence-corrected chi connectivity index (χ2v) is 5.96. The highest BCUT2D eigenvalue weighted by atomic mass is 32.2. The maximum atomic E-state index is 14.1. The number of hydrogen-bond donors (Lipinski definition) is 1. The van der Waals surface area contributed by atoms with Crippen molar-refractivity contribution in [2.24, 2.45) is 5.14 Å². The molecule has 0 saturated heterocycles. The first-order valence-electron chi connectivity index (χ1n) is 6.27. The second-order valence-electron chi connectivity index (χ2n) is 4.46. The minimum atomic E-state index is -3.88. The van der Waals surface area contributed by atoms with Gasteiger partial charge in [-0.1, -0.05) is 19.1 Å². The van der Waals surface area contributed by atoms with Crippen molar-refractivity contribution in [2.45, 2.75) is 24.9 Å². The standard InChI is InChI=1S/C13H16FN3O3S/c1-3-11-16-12(21(15,18)19)8-17(11)7-9-5-4-6-10(20-2)13(9)14/h4-6,8H,3,7H2,1-2H3,(H2,15,18,19). The molecule has 0 aliphatic rings. The SMILES string of the molecule is CCc1nc(S(N)(=O)=O)cn1Cc1cccc(OC)c1F. The van der Waals surface area contributed by atoms with Gasteiger partial charge in [-0.2, -0.15) is 0 Å². The lowest BCUT2D eigenvalue weighted by atomic mass is 10.2. The van der Waals surface area contributed by atoms with Crippen molar-refractivity contribution >= 4 is 10.0 Å². The van der Waals surface area contributed by atoms with Crippen LogP contribution in [0.3, 0.4) is 0 Å². The monoisotopic (exact) mass is 313 g/mol. The molecule has 8 heteroatoms. The molecule has 1 aromatic carbocycles. The van der Waals surface area contributed by atoms with Crippen LogP contribution in [0.4, 0.5) is 4.39 Å². The summed E-state index contributed by atoms with van der Waals surface area (Å²) in [6, 6.07) is 4.79. The molecule has 0 fully saturated rings. The quantitative estimate of drug-likeness (QED) is 0.901. The summed E-state index contributed by atoms with van der Waals surface area (Å²) in [4.78, 5) is 3.96. The summed E-state index contributed by atoms with van der Waals surface area (Å²) in [6.45, 7) is 1.97. The summed E-state index contributed by atoms with van der Waals surface area (Å²) >= 11 is 0. The summed E-state index contributed by atoms with van der Waals surface area (Å²) in [7, 11) is -2.50. The second kappa shape index (κ2) is 5.82. The molecule has 114 valence electrons. The van der Waals surface area contributed by atoms with E-state index in [4.69, 9.17) is 9.88 Å². The van der Waals surface area contributed by atoms with Gasteiger partial charge in [0.2, 0.25) is 0 Å². The van der Waals surface area contributed by atoms with Gasteiger partial charge in [0.15, 0.2) is 16.6 Å². The lowest BCUT2D eigenvalue weighted by Crippen LogP contribution is -2.12. The zero-order chi connectivity index (χ0) is 15.6. The smallest absolute Gasteiger partial charge is 0.257 e. The molecule has 0 unspecified atom stereocenters. The van der Waals surface area contributed by atoms with Gasteiger partial charge in [0, 0.05) is 18.2 Å². The van der Waals surface area contributed by atoms with Gasteiger partial charge in [-0.05, 0) is 6.07 Å². The molecular formula is C13H16FN3O3S. The fraction of sp³-hybridized carbons (Fsp3) is 0.308. The fourth-order valence-corrected chi connectivity index (χ4v) is 2.51. The molecule has 0 aliphatic heterocycles. The highest BCUT2D eigenvalue weighted by Gasteiger charge is 2.17. The Kier molecular flexibility index (Phi) is 4.29. The molecule has 2 rings (SSSR count). The van der Waals surface area contributed by atoms with E-state index in [1.54, 1.807) is 16.7 Å². The van der Waals surface area contributed by atoms with Crippen molar-refractivity contribution in [3.05, 3.63) is 41.6 Å². The van der Waals surface area contributed by atoms with Crippen LogP contribution in [0.1, 0.15) is 18.3 Å². The van der Waals surface area contributed by atoms with Crippen LogP contribution in [0.2, 0.25) is 0 Å². The number of ether oxygens (including phenoxy) is 1. The number of nitrogens with zero attached hydrogens (tertiary/aromatic N) is 2. The van der Waals surface area contributed by atoms with Gasteiger partial charge in [-0.3, -0.25) is 0 Å². The van der Waals surface area contributed by atoms with E-state index >= 15 is 0 Å². The van der Waals surface area contributed by atoms with E-state index in [0.29, 0.717) is 17.8 Å². The molecular weight excluding hydrogens is 297 g/mol. The summed E-state index contributed by atoms with van der Waals surface area (Å²) in [6.07, 6.45) is 1.81. The van der Waals surface area contributed by atoms with Crippen LogP contribution in [0.15, 0.2) is 29.4 Å². The van der Waals surface area contributed by atoms with Gasteiger partial charge in [0.05, 0.1) is 13.7 Å². The molecule has 2 aromatic rings. The van der Waals surface area contributed by atoms with Crippen molar-refractivity contribution in [1.82, 2.24) is 9.55 Å². The van der Waals surface area contributed by atoms with Crippen LogP contribution in [0.5, 0.6) is 5.75 Å². The number of halogens is 1. The summed E-state index contributed by atoms with van der Waals surface area (Å²) in [5, 5.41) is 4.85. The third-order valence-electron chi connectivity index (χ3n) is 3.05. The Bertz CT molecular complexity index is 756. The first-order chi connectivity index (χ1) is 9.86. The third-order valence-corrected chi connectivity index (χ3v) is 3.83. The highest BCUT2D eigenvalue weighted by Crippen LogP contribution is 2.21. The number of rotatable bonds is 5. The fourth-order valence-electron chi connectivity index (χ4n) is 2.00. The molecule has 2 N–H and O–H groups in total. The predicted octanol–water partition coefficient (Wildman–Crippen LogP) is 1.29. The van der Waals surface area contributed by atoms with Crippen molar-refractivity contribution in [2.75, 3.05) is 7.11 Å². The molecule has 0 atom stereocenters. The Morgan fingerprint density at radius 1 is 1.43 bits per heavy atom. The summed E-state index contributed by atoms with van der Waals surface area (Å²) in [5.41, 5.74) is 0.377. The molecule has 1 heterocycles. The minimum Gasteiger partial charge on any atom is -0.494 e. The van der Waals surface area contributed by atoms with Crippen molar-refractivity contribution in [3.63, 3.8) is 0 Å². The lowest BCUT2D eigenvalue weighted by molar-refractivity contribution is 0.383. The predicted molar refractivity (Wildman–Crippen MR) is 75.0 cm³/mol. The Morgan fingerprint density at radius 3 is 2.71 bits per heavy atom. The maximum Gasteiger partial charge on any atom is 0.257 e. The number of primary sulfonamides is 1. The van der Waals surface area contributed by atoms with Crippen LogP contribution < -0.4 is 9.88 Å². The van der Waals surface area contributed by atoms with Crippen LogP contribution in [0, 0.1) is 5.82 Å². The first kappa shape index (κ1) is 15.5. The van der Waals surface area contributed by atoms with Crippen molar-refractivity contribution in [1.29, 1.82) is 0 Å². The molecule has 0 radical (unpaired) electrons. The number of aromatic nitrogens is 2. The normalized spacial score (nSPS) is 11.6. The Labute approximate surface area is 122 Å². The van der Waals surface area contributed by atoms with E-state index in [-0.39, 0.29) is 17.3 Å². The molecule has 0 bridgehead atoms. The number of imidazole rings is 1. The van der Waals surface area contributed by atoms with Gasteiger partial charge < -0.3 is 9.30 Å². The van der Waals surface area contributed by atoms with Crippen molar-refractivity contribution in [3.8, 4) is 5.75 Å². The van der Waals surface area contributed by atoms with E-state index in [1.807, 2.05) is 6.92 Å². The zero-order valence-corrected chi connectivity index (χ0v) is 12.5. The molecule has 1 aromatic heterocycles. The van der Waals surface area contributed by atoms with Crippen molar-refractivity contribution < 1.29 is 17.5 Å². The molecule has 0 amide bonds. The van der Waals surface area contributed by atoms with Gasteiger partial charge in [-0.15, -0.1) is 0 Å². The molecule has 6 nitrogen and oxygen atoms in total. The largest absolute Gasteiger partial charge is 0.494 e. The van der Waals surface area contributed by atoms with Crippen LogP contribution >= 0.6 is 0 Å². The van der Waals surface area contributed by atoms with Gasteiger partial charge in [-0.25, -0.2) is 22.9 Å². The number of nitrogens with two attached hydrogens (primary N) is 1. The molecule has 0 saturated carbocycles. The maximum absolute atomic E-state index is 14.1. The topological polar surface area (TPSA) is 87.2 Å². The van der Waals surface area contributed by atoms with Crippen LogP contribution in [-0.4, -0.2) is 25.1 Å². The summed E-state index contributed by atoms with van der Waals surface area (Å²) in [5.74, 6) is 0.173. The van der Waals surface area contributed by atoms with Gasteiger partial charge >= 0.3 is 0 Å². The van der Waals surface area contributed by atoms with Gasteiger partial charge in [0.25, 0.3) is 10.0 Å². The number of hydrogen-bond acceptors (Lipinski definition) is 4. The first-order valence-corrected chi connectivity index (χ1v) is 7.81. The Morgan fingerprint density at radius 2 is 2.14 bits per heavy atom. The number of aryl methyl sites for hydroxylation is 1. The Hall–Kier alpha value is -1.93. The van der Waals surface area contributed by atoms with E-state index < -0.39 is 15.8 Å². The lowest BCUT2D eigenvalue weighted by Gasteiger charge is -2.09. The average molecular weight is 313 g/mol. The Balaban J connectivity index is 2.42. The summed E-state index contributed by atoms with van der Waals surface area (Å²) < 4.78 is 43.3. The molecule has 21 heavy (non-hydrogen) atoms. The number of sulfonamides is 1. The van der Waals surface area contributed by atoms with E-state index in [1.165, 1.54) is 19.4 Å². The minimum absolute atomic E-state index is 0.136. The molecule has 0 aliphatic carbocycles. The van der Waals surface area contributed by atoms with Crippen LogP contribution in [0.25, 0.3) is 0 Å².